The van der Waals surface area contributed by atoms with Crippen LogP contribution in [0.2, 0.25) is 0 Å². The van der Waals surface area contributed by atoms with Gasteiger partial charge in [-0.25, -0.2) is 17.8 Å². The molecule has 0 aliphatic carbocycles. The summed E-state index contributed by atoms with van der Waals surface area (Å²) in [4.78, 5) is 16.9. The highest BCUT2D eigenvalue weighted by Gasteiger charge is 2.32. The van der Waals surface area contributed by atoms with Crippen LogP contribution in [0, 0.1) is 12.7 Å². The Labute approximate surface area is 198 Å². The third kappa shape index (κ3) is 5.03. The number of rotatable bonds is 6. The number of hydrogen-bond acceptors (Lipinski definition) is 5. The normalized spacial score (nSPS) is 19.2. The molecule has 180 valence electrons. The van der Waals surface area contributed by atoms with E-state index < -0.39 is 21.7 Å². The van der Waals surface area contributed by atoms with Crippen molar-refractivity contribution in [2.75, 3.05) is 13.1 Å². The molecule has 1 saturated heterocycles. The molecule has 3 aromatic rings. The number of aromatic nitrogens is 2. The standard InChI is InChI=1S/C24H27FN4O4S/c1-16-14-28(15-17(2)33-16)34(31,32)21-6-4-5-20(12-21)24(30)27-13-19-7-8-23(22(25)11-19)29-10-9-26-18(29)3/h4-12,16-17H,13-15H2,1-3H3,(H,27,30). The van der Waals surface area contributed by atoms with Crippen LogP contribution in [0.5, 0.6) is 0 Å². The van der Waals surface area contributed by atoms with E-state index in [9.17, 15) is 17.6 Å². The smallest absolute Gasteiger partial charge is 0.251 e. The quantitative estimate of drug-likeness (QED) is 0.578. The molecule has 1 aliphatic rings. The number of aryl methyl sites for hydroxylation is 1. The molecule has 8 nitrogen and oxygen atoms in total. The summed E-state index contributed by atoms with van der Waals surface area (Å²) >= 11 is 0. The number of nitrogens with zero attached hydrogens (tertiary/aromatic N) is 3. The molecule has 2 unspecified atom stereocenters. The van der Waals surface area contributed by atoms with Gasteiger partial charge in [-0.3, -0.25) is 4.79 Å². The highest BCUT2D eigenvalue weighted by molar-refractivity contribution is 7.89. The van der Waals surface area contributed by atoms with Gasteiger partial charge in [-0.15, -0.1) is 0 Å². The lowest BCUT2D eigenvalue weighted by Gasteiger charge is -2.34. The fraction of sp³-hybridized carbons (Fsp3) is 0.333. The maximum absolute atomic E-state index is 14.6. The van der Waals surface area contributed by atoms with Gasteiger partial charge in [0.2, 0.25) is 10.0 Å². The summed E-state index contributed by atoms with van der Waals surface area (Å²) in [7, 11) is -3.77. The van der Waals surface area contributed by atoms with E-state index in [1.165, 1.54) is 28.6 Å². The van der Waals surface area contributed by atoms with E-state index >= 15 is 0 Å². The lowest BCUT2D eigenvalue weighted by atomic mass is 10.1. The first-order valence-corrected chi connectivity index (χ1v) is 12.4. The summed E-state index contributed by atoms with van der Waals surface area (Å²) in [5, 5.41) is 2.73. The summed E-state index contributed by atoms with van der Waals surface area (Å²) in [6, 6.07) is 10.6. The number of amides is 1. The van der Waals surface area contributed by atoms with Gasteiger partial charge in [0, 0.05) is 37.6 Å². The predicted molar refractivity (Wildman–Crippen MR) is 125 cm³/mol. The minimum atomic E-state index is -3.77. The average molecular weight is 487 g/mol. The molecule has 0 saturated carbocycles. The predicted octanol–water partition coefficient (Wildman–Crippen LogP) is 3.05. The van der Waals surface area contributed by atoms with Crippen molar-refractivity contribution in [3.63, 3.8) is 0 Å². The van der Waals surface area contributed by atoms with Crippen LogP contribution in [0.1, 0.15) is 35.6 Å². The lowest BCUT2D eigenvalue weighted by molar-refractivity contribution is -0.0440. The van der Waals surface area contributed by atoms with Crippen LogP contribution in [-0.2, 0) is 21.3 Å². The summed E-state index contributed by atoms with van der Waals surface area (Å²) < 4.78 is 49.5. The minimum absolute atomic E-state index is 0.0487. The molecule has 2 atom stereocenters. The Bertz CT molecular complexity index is 1300. The second-order valence-electron chi connectivity index (χ2n) is 8.42. The number of imidazole rings is 1. The Morgan fingerprint density at radius 3 is 2.56 bits per heavy atom. The van der Waals surface area contributed by atoms with Crippen LogP contribution in [0.3, 0.4) is 0 Å². The van der Waals surface area contributed by atoms with E-state index in [0.29, 0.717) is 17.1 Å². The van der Waals surface area contributed by atoms with Crippen molar-refractivity contribution in [2.45, 2.75) is 44.4 Å². The number of carbonyl (C=O) groups is 1. The second-order valence-corrected chi connectivity index (χ2v) is 10.4. The van der Waals surface area contributed by atoms with Crippen molar-refractivity contribution < 1.29 is 22.3 Å². The van der Waals surface area contributed by atoms with E-state index in [2.05, 4.69) is 10.3 Å². The van der Waals surface area contributed by atoms with Crippen LogP contribution in [0.25, 0.3) is 5.69 Å². The fourth-order valence-electron chi connectivity index (χ4n) is 4.05. The lowest BCUT2D eigenvalue weighted by Crippen LogP contribution is -2.48. The SMILES string of the molecule is Cc1nccn1-c1ccc(CNC(=O)c2cccc(S(=O)(=O)N3CC(C)OC(C)C3)c2)cc1F. The molecule has 2 heterocycles. The molecule has 10 heteroatoms. The molecule has 2 aromatic carbocycles. The zero-order chi connectivity index (χ0) is 24.5. The van der Waals surface area contributed by atoms with Crippen molar-refractivity contribution in [3.8, 4) is 5.69 Å². The molecule has 0 bridgehead atoms. The molecule has 34 heavy (non-hydrogen) atoms. The highest BCUT2D eigenvalue weighted by Crippen LogP contribution is 2.22. The largest absolute Gasteiger partial charge is 0.373 e. The van der Waals surface area contributed by atoms with E-state index in [1.54, 1.807) is 42.1 Å². The molecule has 1 N–H and O–H groups in total. The van der Waals surface area contributed by atoms with Gasteiger partial charge in [0.15, 0.2) is 0 Å². The Hall–Kier alpha value is -3.08. The maximum Gasteiger partial charge on any atom is 0.251 e. The van der Waals surface area contributed by atoms with E-state index in [1.807, 2.05) is 13.8 Å². The Morgan fingerprint density at radius 1 is 1.18 bits per heavy atom. The van der Waals surface area contributed by atoms with Gasteiger partial charge in [-0.1, -0.05) is 12.1 Å². The molecular weight excluding hydrogens is 459 g/mol. The number of morpholine rings is 1. The van der Waals surface area contributed by atoms with E-state index in [0.717, 1.165) is 0 Å². The van der Waals surface area contributed by atoms with Gasteiger partial charge in [0.1, 0.15) is 11.6 Å². The number of benzene rings is 2. The van der Waals surface area contributed by atoms with Crippen molar-refractivity contribution >= 4 is 15.9 Å². The van der Waals surface area contributed by atoms with Gasteiger partial charge in [-0.2, -0.15) is 4.31 Å². The summed E-state index contributed by atoms with van der Waals surface area (Å²) in [6.07, 6.45) is 2.84. The van der Waals surface area contributed by atoms with Crippen LogP contribution >= 0.6 is 0 Å². The number of halogens is 1. The summed E-state index contributed by atoms with van der Waals surface area (Å²) in [6.45, 7) is 6.03. The van der Waals surface area contributed by atoms with Crippen molar-refractivity contribution in [2.24, 2.45) is 0 Å². The summed E-state index contributed by atoms with van der Waals surface area (Å²) in [5.41, 5.74) is 1.16. The van der Waals surface area contributed by atoms with Crippen LogP contribution in [0.4, 0.5) is 4.39 Å². The Kier molecular flexibility index (Phi) is 6.83. The first kappa shape index (κ1) is 24.1. The molecule has 1 amide bonds. The zero-order valence-electron chi connectivity index (χ0n) is 19.2. The van der Waals surface area contributed by atoms with E-state index in [-0.39, 0.29) is 42.3 Å². The van der Waals surface area contributed by atoms with Gasteiger partial charge in [0.25, 0.3) is 5.91 Å². The first-order chi connectivity index (χ1) is 16.1. The van der Waals surface area contributed by atoms with Crippen molar-refractivity contribution in [3.05, 3.63) is 77.6 Å². The van der Waals surface area contributed by atoms with Crippen LogP contribution in [0.15, 0.2) is 59.8 Å². The molecule has 0 spiro atoms. The number of carbonyl (C=O) groups excluding carboxylic acids is 1. The molecular formula is C24H27FN4O4S. The first-order valence-electron chi connectivity index (χ1n) is 11.0. The summed E-state index contributed by atoms with van der Waals surface area (Å²) in [5.74, 6) is -0.221. The Balaban J connectivity index is 1.46. The molecule has 0 radical (unpaired) electrons. The van der Waals surface area contributed by atoms with E-state index in [4.69, 9.17) is 4.74 Å². The number of nitrogens with one attached hydrogen (secondary N) is 1. The van der Waals surface area contributed by atoms with Crippen molar-refractivity contribution in [1.82, 2.24) is 19.2 Å². The molecule has 1 aliphatic heterocycles. The molecule has 4 rings (SSSR count). The number of hydrogen-bond donors (Lipinski definition) is 1. The average Bonchev–Trinajstić information content (AvgIpc) is 3.22. The fourth-order valence-corrected chi connectivity index (χ4v) is 5.68. The van der Waals surface area contributed by atoms with Gasteiger partial charge in [0.05, 0.1) is 22.8 Å². The highest BCUT2D eigenvalue weighted by atomic mass is 32.2. The number of sulfonamides is 1. The van der Waals surface area contributed by atoms with Gasteiger partial charge < -0.3 is 14.6 Å². The topological polar surface area (TPSA) is 93.5 Å². The Morgan fingerprint density at radius 2 is 1.91 bits per heavy atom. The molecule has 1 aromatic heterocycles. The molecule has 1 fully saturated rings. The van der Waals surface area contributed by atoms with Gasteiger partial charge in [-0.05, 0) is 56.7 Å². The van der Waals surface area contributed by atoms with Crippen LogP contribution in [-0.4, -0.2) is 53.5 Å². The third-order valence-corrected chi connectivity index (χ3v) is 7.50. The van der Waals surface area contributed by atoms with Crippen LogP contribution < -0.4 is 5.32 Å². The van der Waals surface area contributed by atoms with Crippen molar-refractivity contribution in [1.29, 1.82) is 0 Å². The third-order valence-electron chi connectivity index (χ3n) is 5.67. The monoisotopic (exact) mass is 486 g/mol. The zero-order valence-corrected chi connectivity index (χ0v) is 20.0. The maximum atomic E-state index is 14.6. The van der Waals surface area contributed by atoms with Gasteiger partial charge >= 0.3 is 0 Å². The number of ether oxygens (including phenoxy) is 1. The minimum Gasteiger partial charge on any atom is -0.373 e. The second kappa shape index (κ2) is 9.65.